The minimum Gasteiger partial charge on any atom is -0.356 e. The van der Waals surface area contributed by atoms with Gasteiger partial charge >= 0.3 is 6.18 Å². The molecule has 0 radical (unpaired) electrons. The molecule has 4 heterocycles. The Kier molecular flexibility index (Phi) is 5.34. The number of hydrogen-bond donors (Lipinski definition) is 0. The Hall–Kier alpha value is -2.26. The first-order valence-corrected chi connectivity index (χ1v) is 11.2. The number of fused-ring (bicyclic) bond motifs is 2. The van der Waals surface area contributed by atoms with Crippen LogP contribution in [0, 0.1) is 11.7 Å². The van der Waals surface area contributed by atoms with Crippen LogP contribution in [0.25, 0.3) is 10.2 Å². The van der Waals surface area contributed by atoms with E-state index >= 15 is 0 Å². The molecule has 1 aromatic carbocycles. The second-order valence-electron chi connectivity index (χ2n) is 8.33. The number of likely N-dealkylation sites (tertiary alicyclic amines) is 1. The molecule has 2 aliphatic rings. The molecule has 0 amide bonds. The van der Waals surface area contributed by atoms with Crippen molar-refractivity contribution in [2.24, 2.45) is 5.92 Å². The van der Waals surface area contributed by atoms with Crippen LogP contribution in [0.4, 0.5) is 23.4 Å². The maximum Gasteiger partial charge on any atom is 0.393 e. The van der Waals surface area contributed by atoms with E-state index in [4.69, 9.17) is 0 Å². The SMILES string of the molecule is Fc1ccccc1CN1CC[C@@H]2CN(c3ncnc4sc(CC(F)(F)F)cc34)CC[C@@H]21. The number of halogens is 4. The number of aromatic nitrogens is 2. The van der Waals surface area contributed by atoms with E-state index in [1.807, 2.05) is 12.1 Å². The maximum atomic E-state index is 14.1. The average Bonchev–Trinajstić information content (AvgIpc) is 3.31. The van der Waals surface area contributed by atoms with Crippen LogP contribution in [0.1, 0.15) is 23.3 Å². The van der Waals surface area contributed by atoms with Gasteiger partial charge in [0.1, 0.15) is 22.8 Å². The highest BCUT2D eigenvalue weighted by atomic mass is 32.1. The molecule has 2 saturated heterocycles. The summed E-state index contributed by atoms with van der Waals surface area (Å²) in [5.74, 6) is 0.985. The normalized spacial score (nSPS) is 22.3. The molecule has 164 valence electrons. The summed E-state index contributed by atoms with van der Waals surface area (Å²) in [6, 6.07) is 8.88. The van der Waals surface area contributed by atoms with Crippen LogP contribution in [0.15, 0.2) is 36.7 Å². The third-order valence-electron chi connectivity index (χ3n) is 6.31. The molecule has 2 aliphatic heterocycles. The Labute approximate surface area is 181 Å². The lowest BCUT2D eigenvalue weighted by Crippen LogP contribution is -2.46. The molecule has 4 nitrogen and oxygen atoms in total. The molecule has 5 rings (SSSR count). The smallest absolute Gasteiger partial charge is 0.356 e. The first-order valence-electron chi connectivity index (χ1n) is 10.4. The molecule has 9 heteroatoms. The van der Waals surface area contributed by atoms with E-state index in [2.05, 4.69) is 19.8 Å². The van der Waals surface area contributed by atoms with E-state index in [1.165, 1.54) is 12.4 Å². The van der Waals surface area contributed by atoms with E-state index in [-0.39, 0.29) is 10.7 Å². The lowest BCUT2D eigenvalue weighted by atomic mass is 9.92. The van der Waals surface area contributed by atoms with Gasteiger partial charge in [-0.3, -0.25) is 4.90 Å². The predicted molar refractivity (Wildman–Crippen MR) is 113 cm³/mol. The molecule has 2 fully saturated rings. The summed E-state index contributed by atoms with van der Waals surface area (Å²) in [5.41, 5.74) is 0.721. The van der Waals surface area contributed by atoms with Crippen molar-refractivity contribution in [1.82, 2.24) is 14.9 Å². The highest BCUT2D eigenvalue weighted by Crippen LogP contribution is 2.38. The quantitative estimate of drug-likeness (QED) is 0.522. The summed E-state index contributed by atoms with van der Waals surface area (Å²) in [5, 5.41) is 0.700. The summed E-state index contributed by atoms with van der Waals surface area (Å²) in [4.78, 5) is 14.0. The van der Waals surface area contributed by atoms with Gasteiger partial charge in [-0.05, 0) is 37.4 Å². The number of thiophene rings is 1. The molecule has 0 N–H and O–H groups in total. The van der Waals surface area contributed by atoms with Gasteiger partial charge in [-0.2, -0.15) is 13.2 Å². The van der Waals surface area contributed by atoms with Crippen molar-refractivity contribution in [1.29, 1.82) is 0 Å². The van der Waals surface area contributed by atoms with Crippen molar-refractivity contribution in [3.63, 3.8) is 0 Å². The van der Waals surface area contributed by atoms with Crippen LogP contribution in [-0.4, -0.2) is 46.7 Å². The molecule has 3 aromatic rings. The molecular formula is C22H22F4N4S. The lowest BCUT2D eigenvalue weighted by molar-refractivity contribution is -0.126. The monoisotopic (exact) mass is 450 g/mol. The first kappa shape index (κ1) is 20.6. The minimum absolute atomic E-state index is 0.168. The van der Waals surface area contributed by atoms with Gasteiger partial charge in [0, 0.05) is 36.1 Å². The summed E-state index contributed by atoms with van der Waals surface area (Å²) < 4.78 is 52.6. The van der Waals surface area contributed by atoms with Crippen LogP contribution in [0.5, 0.6) is 0 Å². The zero-order valence-corrected chi connectivity index (χ0v) is 17.6. The Morgan fingerprint density at radius 1 is 1.10 bits per heavy atom. The Bertz CT molecular complexity index is 1080. The van der Waals surface area contributed by atoms with Crippen molar-refractivity contribution in [3.05, 3.63) is 52.9 Å². The lowest BCUT2D eigenvalue weighted by Gasteiger charge is -2.38. The number of piperidine rings is 1. The largest absolute Gasteiger partial charge is 0.393 e. The Morgan fingerprint density at radius 2 is 1.94 bits per heavy atom. The van der Waals surface area contributed by atoms with Gasteiger partial charge in [0.25, 0.3) is 0 Å². The first-order chi connectivity index (χ1) is 14.9. The van der Waals surface area contributed by atoms with Crippen molar-refractivity contribution >= 4 is 27.4 Å². The molecule has 0 aliphatic carbocycles. The van der Waals surface area contributed by atoms with Gasteiger partial charge in [0.15, 0.2) is 0 Å². The number of nitrogens with zero attached hydrogens (tertiary/aromatic N) is 4. The fourth-order valence-electron chi connectivity index (χ4n) is 4.95. The minimum atomic E-state index is -4.24. The van der Waals surface area contributed by atoms with Crippen molar-refractivity contribution < 1.29 is 17.6 Å². The van der Waals surface area contributed by atoms with Crippen molar-refractivity contribution in [3.8, 4) is 0 Å². The van der Waals surface area contributed by atoms with E-state index in [0.717, 1.165) is 55.2 Å². The van der Waals surface area contributed by atoms with Gasteiger partial charge < -0.3 is 4.90 Å². The fourth-order valence-corrected chi connectivity index (χ4v) is 5.97. The average molecular weight is 451 g/mol. The summed E-state index contributed by atoms with van der Waals surface area (Å²) in [6.07, 6.45) is -1.80. The Balaban J connectivity index is 1.32. The molecule has 31 heavy (non-hydrogen) atoms. The zero-order chi connectivity index (χ0) is 21.6. The predicted octanol–water partition coefficient (Wildman–Crippen LogP) is 5.04. The van der Waals surface area contributed by atoms with Gasteiger partial charge in [0.2, 0.25) is 0 Å². The zero-order valence-electron chi connectivity index (χ0n) is 16.8. The summed E-state index contributed by atoms with van der Waals surface area (Å²) >= 11 is 1.08. The number of benzene rings is 1. The van der Waals surface area contributed by atoms with Crippen molar-refractivity contribution in [2.45, 2.75) is 38.0 Å². The van der Waals surface area contributed by atoms with Crippen LogP contribution >= 0.6 is 11.3 Å². The molecule has 2 atom stereocenters. The van der Waals surface area contributed by atoms with Crippen LogP contribution in [0.3, 0.4) is 0 Å². The standard InChI is InChI=1S/C22H22F4N4S/c23-18-4-2-1-3-14(18)11-29-7-5-15-12-30(8-6-19(15)29)20-17-9-16(10-22(24,25)26)31-21(17)28-13-27-20/h1-4,9,13,15,19H,5-8,10-12H2/t15-,19+/m1/s1. The number of alkyl halides is 3. The molecule has 2 aromatic heterocycles. The molecule has 0 bridgehead atoms. The highest BCUT2D eigenvalue weighted by molar-refractivity contribution is 7.18. The number of anilines is 1. The highest BCUT2D eigenvalue weighted by Gasteiger charge is 2.39. The topological polar surface area (TPSA) is 32.3 Å². The molecular weight excluding hydrogens is 428 g/mol. The fraction of sp³-hybridized carbons (Fsp3) is 0.455. The molecule has 0 unspecified atom stereocenters. The molecule has 0 saturated carbocycles. The van der Waals surface area contributed by atoms with E-state index < -0.39 is 12.6 Å². The maximum absolute atomic E-state index is 14.1. The van der Waals surface area contributed by atoms with Gasteiger partial charge in [0.05, 0.1) is 11.8 Å². The van der Waals surface area contributed by atoms with E-state index in [0.29, 0.717) is 28.7 Å². The number of rotatable bonds is 4. The van der Waals surface area contributed by atoms with Crippen LogP contribution in [-0.2, 0) is 13.0 Å². The van der Waals surface area contributed by atoms with Crippen molar-refractivity contribution in [2.75, 3.05) is 24.5 Å². The van der Waals surface area contributed by atoms with E-state index in [9.17, 15) is 17.6 Å². The Morgan fingerprint density at radius 3 is 2.74 bits per heavy atom. The third kappa shape index (κ3) is 4.25. The molecule has 0 spiro atoms. The summed E-state index contributed by atoms with van der Waals surface area (Å²) in [7, 11) is 0. The second kappa shape index (κ2) is 8.02. The second-order valence-corrected chi connectivity index (χ2v) is 9.45. The third-order valence-corrected chi connectivity index (χ3v) is 7.36. The van der Waals surface area contributed by atoms with Gasteiger partial charge in [-0.25, -0.2) is 14.4 Å². The summed E-state index contributed by atoms with van der Waals surface area (Å²) in [6.45, 7) is 3.10. The van der Waals surface area contributed by atoms with Crippen LogP contribution in [0.2, 0.25) is 0 Å². The van der Waals surface area contributed by atoms with E-state index in [1.54, 1.807) is 12.1 Å². The van der Waals surface area contributed by atoms with Gasteiger partial charge in [-0.15, -0.1) is 11.3 Å². The van der Waals surface area contributed by atoms with Crippen LogP contribution < -0.4 is 4.90 Å². The number of hydrogen-bond acceptors (Lipinski definition) is 5. The van der Waals surface area contributed by atoms with Gasteiger partial charge in [-0.1, -0.05) is 18.2 Å².